The smallest absolute Gasteiger partial charge is 0.253 e. The van der Waals surface area contributed by atoms with Crippen molar-refractivity contribution in [2.45, 2.75) is 59.4 Å². The highest BCUT2D eigenvalue weighted by atomic mass is 16.2. The van der Waals surface area contributed by atoms with E-state index in [1.165, 1.54) is 0 Å². The van der Waals surface area contributed by atoms with Gasteiger partial charge in [0.2, 0.25) is 5.91 Å². The first-order valence-electron chi connectivity index (χ1n) is 13.8. The van der Waals surface area contributed by atoms with Crippen molar-refractivity contribution in [1.82, 2.24) is 15.2 Å². The Balaban J connectivity index is 1.74. The summed E-state index contributed by atoms with van der Waals surface area (Å²) in [4.78, 5) is 45.5. The molecule has 0 bridgehead atoms. The maximum atomic E-state index is 13.4. The average molecular weight is 529 g/mol. The minimum absolute atomic E-state index is 0.0656. The van der Waals surface area contributed by atoms with Crippen molar-refractivity contribution in [3.8, 4) is 0 Å². The van der Waals surface area contributed by atoms with Crippen LogP contribution in [0.25, 0.3) is 0 Å². The maximum absolute atomic E-state index is 13.4. The number of aryl methyl sites for hydroxylation is 1. The van der Waals surface area contributed by atoms with E-state index in [1.54, 1.807) is 36.5 Å². The molecule has 7 heteroatoms. The second kappa shape index (κ2) is 14.8. The van der Waals surface area contributed by atoms with Gasteiger partial charge in [-0.2, -0.15) is 0 Å². The topological polar surface area (TPSA) is 91.4 Å². The van der Waals surface area contributed by atoms with Gasteiger partial charge < -0.3 is 15.5 Å². The van der Waals surface area contributed by atoms with E-state index >= 15 is 0 Å². The molecule has 0 aliphatic heterocycles. The number of nitrogens with one attached hydrogen (secondary N) is 2. The fraction of sp³-hybridized carbons (Fsp3) is 0.375. The van der Waals surface area contributed by atoms with Crippen LogP contribution in [0, 0.1) is 12.8 Å². The molecule has 39 heavy (non-hydrogen) atoms. The molecule has 3 aromatic rings. The Labute approximate surface area is 232 Å². The molecule has 0 radical (unpaired) electrons. The van der Waals surface area contributed by atoms with Gasteiger partial charge in [0.25, 0.3) is 11.8 Å². The molecule has 2 N–H and O–H groups in total. The summed E-state index contributed by atoms with van der Waals surface area (Å²) in [5.74, 6) is -0.354. The lowest BCUT2D eigenvalue weighted by molar-refractivity contribution is -0.119. The van der Waals surface area contributed by atoms with E-state index in [4.69, 9.17) is 0 Å². The van der Waals surface area contributed by atoms with Gasteiger partial charge >= 0.3 is 0 Å². The predicted octanol–water partition coefficient (Wildman–Crippen LogP) is 5.66. The molecule has 206 valence electrons. The number of amides is 3. The molecule has 3 amide bonds. The Hall–Kier alpha value is -4.00. The molecule has 0 spiro atoms. The predicted molar refractivity (Wildman–Crippen MR) is 156 cm³/mol. The summed E-state index contributed by atoms with van der Waals surface area (Å²) in [7, 11) is 0. The van der Waals surface area contributed by atoms with Crippen molar-refractivity contribution in [2.24, 2.45) is 5.92 Å². The van der Waals surface area contributed by atoms with Gasteiger partial charge in [-0.05, 0) is 68.0 Å². The van der Waals surface area contributed by atoms with Crippen LogP contribution in [0.2, 0.25) is 0 Å². The fourth-order valence-electron chi connectivity index (χ4n) is 4.52. The Morgan fingerprint density at radius 2 is 1.59 bits per heavy atom. The molecule has 0 fully saturated rings. The van der Waals surface area contributed by atoms with E-state index in [1.807, 2.05) is 69.0 Å². The lowest BCUT2D eigenvalue weighted by atomic mass is 9.95. The van der Waals surface area contributed by atoms with Crippen LogP contribution in [0.15, 0.2) is 72.9 Å². The zero-order valence-electron chi connectivity index (χ0n) is 23.4. The number of benzene rings is 2. The first-order valence-corrected chi connectivity index (χ1v) is 13.8. The van der Waals surface area contributed by atoms with Crippen LogP contribution >= 0.6 is 0 Å². The summed E-state index contributed by atoms with van der Waals surface area (Å²) in [6.45, 7) is 9.25. The average Bonchev–Trinajstić information content (AvgIpc) is 2.94. The quantitative estimate of drug-likeness (QED) is 0.300. The first kappa shape index (κ1) is 29.6. The summed E-state index contributed by atoms with van der Waals surface area (Å²) >= 11 is 0. The monoisotopic (exact) mass is 528 g/mol. The number of rotatable bonds is 13. The van der Waals surface area contributed by atoms with Gasteiger partial charge in [0.15, 0.2) is 0 Å². The molecule has 2 atom stereocenters. The van der Waals surface area contributed by atoms with Crippen molar-refractivity contribution in [3.63, 3.8) is 0 Å². The van der Waals surface area contributed by atoms with Gasteiger partial charge in [-0.15, -0.1) is 0 Å². The number of carbonyl (C=O) groups is 3. The standard InChI is InChI=1S/C32H40N4O3/c1-5-17-36(18-6-2)32(39)27-14-10-13-26(21-27)31(38)34-28(20-25-11-8-7-9-12-25)19-24(4)30(37)35-29-16-15-23(3)22-33-29/h7-16,21-22,24,28H,5-6,17-20H2,1-4H3,(H,34,38)(H,33,35,37)/t24?,28-/m1/s1. The van der Waals surface area contributed by atoms with Crippen LogP contribution < -0.4 is 10.6 Å². The van der Waals surface area contributed by atoms with Gasteiger partial charge in [-0.3, -0.25) is 14.4 Å². The summed E-state index contributed by atoms with van der Waals surface area (Å²) in [5.41, 5.74) is 3.01. The summed E-state index contributed by atoms with van der Waals surface area (Å²) in [5, 5.41) is 5.99. The molecule has 1 unspecified atom stereocenters. The van der Waals surface area contributed by atoms with Crippen molar-refractivity contribution in [2.75, 3.05) is 18.4 Å². The van der Waals surface area contributed by atoms with Crippen molar-refractivity contribution >= 4 is 23.5 Å². The number of anilines is 1. The SMILES string of the molecule is CCCN(CCC)C(=O)c1cccc(C(=O)N[C@@H](Cc2ccccc2)CC(C)C(=O)Nc2ccc(C)cn2)c1. The van der Waals surface area contributed by atoms with Crippen LogP contribution in [0.3, 0.4) is 0 Å². The molecule has 1 aromatic heterocycles. The maximum Gasteiger partial charge on any atom is 0.253 e. The van der Waals surface area contributed by atoms with Crippen molar-refractivity contribution in [3.05, 3.63) is 95.2 Å². The van der Waals surface area contributed by atoms with Gasteiger partial charge in [0, 0.05) is 42.4 Å². The highest BCUT2D eigenvalue weighted by Gasteiger charge is 2.23. The van der Waals surface area contributed by atoms with Crippen molar-refractivity contribution in [1.29, 1.82) is 0 Å². The van der Waals surface area contributed by atoms with Crippen LogP contribution in [-0.4, -0.2) is 46.7 Å². The van der Waals surface area contributed by atoms with E-state index in [0.29, 0.717) is 42.9 Å². The summed E-state index contributed by atoms with van der Waals surface area (Å²) in [6, 6.07) is 20.1. The van der Waals surface area contributed by atoms with Gasteiger partial charge in [0.05, 0.1) is 0 Å². The molecular formula is C32H40N4O3. The van der Waals surface area contributed by atoms with Crippen LogP contribution in [0.1, 0.15) is 71.9 Å². The van der Waals surface area contributed by atoms with E-state index in [2.05, 4.69) is 15.6 Å². The molecule has 0 aliphatic rings. The minimum Gasteiger partial charge on any atom is -0.349 e. The van der Waals surface area contributed by atoms with Gasteiger partial charge in [-0.1, -0.05) is 63.2 Å². The second-order valence-corrected chi connectivity index (χ2v) is 10.1. The Morgan fingerprint density at radius 3 is 2.23 bits per heavy atom. The second-order valence-electron chi connectivity index (χ2n) is 10.1. The van der Waals surface area contributed by atoms with Crippen LogP contribution in [0.4, 0.5) is 5.82 Å². The molecule has 0 saturated carbocycles. The molecule has 3 rings (SSSR count). The lowest BCUT2D eigenvalue weighted by Crippen LogP contribution is -2.39. The third-order valence-corrected chi connectivity index (χ3v) is 6.55. The van der Waals surface area contributed by atoms with Crippen molar-refractivity contribution < 1.29 is 14.4 Å². The minimum atomic E-state index is -0.369. The Bertz CT molecular complexity index is 1220. The lowest BCUT2D eigenvalue weighted by Gasteiger charge is -2.23. The fourth-order valence-corrected chi connectivity index (χ4v) is 4.52. The van der Waals surface area contributed by atoms with Gasteiger partial charge in [-0.25, -0.2) is 4.98 Å². The number of hydrogen-bond donors (Lipinski definition) is 2. The largest absolute Gasteiger partial charge is 0.349 e. The molecule has 0 saturated heterocycles. The highest BCUT2D eigenvalue weighted by Crippen LogP contribution is 2.16. The molecule has 2 aromatic carbocycles. The van der Waals surface area contributed by atoms with E-state index in [-0.39, 0.29) is 29.7 Å². The van der Waals surface area contributed by atoms with E-state index in [0.717, 1.165) is 24.0 Å². The Kier molecular flexibility index (Phi) is 11.2. The summed E-state index contributed by atoms with van der Waals surface area (Å²) in [6.07, 6.45) is 4.48. The molecule has 7 nitrogen and oxygen atoms in total. The number of nitrogens with zero attached hydrogens (tertiary/aromatic N) is 2. The summed E-state index contributed by atoms with van der Waals surface area (Å²) < 4.78 is 0. The zero-order valence-corrected chi connectivity index (χ0v) is 23.4. The normalized spacial score (nSPS) is 12.3. The number of pyridine rings is 1. The van der Waals surface area contributed by atoms with Gasteiger partial charge in [0.1, 0.15) is 5.82 Å². The molecular weight excluding hydrogens is 488 g/mol. The third kappa shape index (κ3) is 9.06. The number of carbonyl (C=O) groups excluding carboxylic acids is 3. The van der Waals surface area contributed by atoms with Crippen LogP contribution in [0.5, 0.6) is 0 Å². The van der Waals surface area contributed by atoms with E-state index < -0.39 is 0 Å². The third-order valence-electron chi connectivity index (χ3n) is 6.55. The zero-order chi connectivity index (χ0) is 28.2. The Morgan fingerprint density at radius 1 is 0.897 bits per heavy atom. The first-order chi connectivity index (χ1) is 18.8. The highest BCUT2D eigenvalue weighted by molar-refractivity contribution is 6.00. The number of aromatic nitrogens is 1. The van der Waals surface area contributed by atoms with Crippen LogP contribution in [-0.2, 0) is 11.2 Å². The number of hydrogen-bond acceptors (Lipinski definition) is 4. The molecule has 1 heterocycles. The molecule has 0 aliphatic carbocycles. The van der Waals surface area contributed by atoms with E-state index in [9.17, 15) is 14.4 Å².